The Kier molecular flexibility index (Phi) is 7.09. The molecule has 1 atom stereocenters. The fraction of sp³-hybridized carbons (Fsp3) is 0.381. The molecule has 0 saturated carbocycles. The van der Waals surface area contributed by atoms with E-state index in [1.54, 1.807) is 6.07 Å². The van der Waals surface area contributed by atoms with Crippen molar-refractivity contribution < 1.29 is 17.9 Å². The van der Waals surface area contributed by atoms with Crippen molar-refractivity contribution in [2.45, 2.75) is 10.9 Å². The number of sulfonamides is 1. The Hall–Kier alpha value is -2.46. The van der Waals surface area contributed by atoms with Gasteiger partial charge in [-0.25, -0.2) is 13.6 Å². The number of primary sulfonamides is 1. The highest BCUT2D eigenvalue weighted by Gasteiger charge is 2.23. The van der Waals surface area contributed by atoms with Crippen LogP contribution in [0, 0.1) is 0 Å². The van der Waals surface area contributed by atoms with Crippen LogP contribution in [0.4, 0.5) is 5.69 Å². The van der Waals surface area contributed by atoms with Crippen LogP contribution in [0.2, 0.25) is 0 Å². The number of benzene rings is 2. The molecule has 1 aliphatic rings. The molecule has 9 heteroatoms. The van der Waals surface area contributed by atoms with E-state index in [4.69, 9.17) is 9.88 Å². The van der Waals surface area contributed by atoms with Crippen molar-refractivity contribution in [3.05, 3.63) is 59.7 Å². The molecule has 1 saturated heterocycles. The van der Waals surface area contributed by atoms with Gasteiger partial charge in [0.2, 0.25) is 10.0 Å². The fourth-order valence-corrected chi connectivity index (χ4v) is 4.05. The standard InChI is InChI=1S/C21H28N4O4S/c1-24(2)20(16-6-4-3-5-7-16)15-23-21(26)18-14-17(30(22,27)28)8-9-19(18)25-10-12-29-13-11-25/h3-9,14,20H,10-13,15H2,1-2H3,(H,23,26)(H2,22,27,28). The van der Waals surface area contributed by atoms with Crippen LogP contribution in [-0.4, -0.2) is 66.2 Å². The number of amides is 1. The zero-order valence-electron chi connectivity index (χ0n) is 17.2. The molecule has 3 N–H and O–H groups in total. The van der Waals surface area contributed by atoms with Crippen LogP contribution >= 0.6 is 0 Å². The highest BCUT2D eigenvalue weighted by Crippen LogP contribution is 2.25. The molecule has 2 aromatic carbocycles. The molecule has 3 rings (SSSR count). The number of nitrogens with two attached hydrogens (primary N) is 1. The van der Waals surface area contributed by atoms with E-state index in [0.717, 1.165) is 5.56 Å². The van der Waals surface area contributed by atoms with E-state index in [1.807, 2.05) is 54.2 Å². The van der Waals surface area contributed by atoms with Crippen LogP contribution in [0.15, 0.2) is 53.4 Å². The lowest BCUT2D eigenvalue weighted by molar-refractivity contribution is 0.0940. The van der Waals surface area contributed by atoms with Gasteiger partial charge in [-0.05, 0) is 37.9 Å². The Morgan fingerprint density at radius 1 is 1.17 bits per heavy atom. The molecule has 0 radical (unpaired) electrons. The molecule has 0 aliphatic carbocycles. The van der Waals surface area contributed by atoms with E-state index in [2.05, 4.69) is 5.32 Å². The molecule has 1 heterocycles. The van der Waals surface area contributed by atoms with Gasteiger partial charge >= 0.3 is 0 Å². The lowest BCUT2D eigenvalue weighted by Crippen LogP contribution is -2.39. The second-order valence-corrected chi connectivity index (χ2v) is 8.98. The third-order valence-corrected chi connectivity index (χ3v) is 6.07. The maximum absolute atomic E-state index is 13.1. The molecule has 0 aromatic heterocycles. The minimum Gasteiger partial charge on any atom is -0.378 e. The zero-order valence-corrected chi connectivity index (χ0v) is 18.1. The van der Waals surface area contributed by atoms with Crippen molar-refractivity contribution in [1.82, 2.24) is 10.2 Å². The van der Waals surface area contributed by atoms with Gasteiger partial charge in [-0.15, -0.1) is 0 Å². The first-order valence-corrected chi connectivity index (χ1v) is 11.3. The highest BCUT2D eigenvalue weighted by molar-refractivity contribution is 7.89. The van der Waals surface area contributed by atoms with Crippen LogP contribution in [0.5, 0.6) is 0 Å². The summed E-state index contributed by atoms with van der Waals surface area (Å²) in [4.78, 5) is 17.1. The third-order valence-electron chi connectivity index (χ3n) is 5.16. The molecule has 30 heavy (non-hydrogen) atoms. The monoisotopic (exact) mass is 432 g/mol. The summed E-state index contributed by atoms with van der Waals surface area (Å²) >= 11 is 0. The molecule has 1 amide bonds. The molecular weight excluding hydrogens is 404 g/mol. The summed E-state index contributed by atoms with van der Waals surface area (Å²) in [5.41, 5.74) is 2.03. The Labute approximate surface area is 177 Å². The predicted molar refractivity (Wildman–Crippen MR) is 116 cm³/mol. The van der Waals surface area contributed by atoms with E-state index in [-0.39, 0.29) is 22.4 Å². The number of hydrogen-bond donors (Lipinski definition) is 2. The van der Waals surface area contributed by atoms with Gasteiger partial charge in [0.05, 0.1) is 29.7 Å². The summed E-state index contributed by atoms with van der Waals surface area (Å²) < 4.78 is 29.1. The normalized spacial score (nSPS) is 15.8. The van der Waals surface area contributed by atoms with Crippen LogP contribution in [0.25, 0.3) is 0 Å². The summed E-state index contributed by atoms with van der Waals surface area (Å²) in [6.45, 7) is 2.72. The average Bonchev–Trinajstić information content (AvgIpc) is 2.74. The number of nitrogens with one attached hydrogen (secondary N) is 1. The van der Waals surface area contributed by atoms with Gasteiger partial charge in [-0.1, -0.05) is 30.3 Å². The molecule has 0 bridgehead atoms. The number of hydrogen-bond acceptors (Lipinski definition) is 6. The summed E-state index contributed by atoms with van der Waals surface area (Å²) in [5.74, 6) is -0.343. The lowest BCUT2D eigenvalue weighted by atomic mass is 10.1. The summed E-state index contributed by atoms with van der Waals surface area (Å²) in [5, 5.41) is 8.26. The van der Waals surface area contributed by atoms with Crippen molar-refractivity contribution in [2.75, 3.05) is 51.8 Å². The topological polar surface area (TPSA) is 105 Å². The van der Waals surface area contributed by atoms with Crippen molar-refractivity contribution in [3.8, 4) is 0 Å². The number of carbonyl (C=O) groups is 1. The maximum Gasteiger partial charge on any atom is 0.253 e. The van der Waals surface area contributed by atoms with Crippen molar-refractivity contribution >= 4 is 21.6 Å². The summed E-state index contributed by atoms with van der Waals surface area (Å²) in [7, 11) is -0.0274. The van der Waals surface area contributed by atoms with Gasteiger partial charge in [-0.3, -0.25) is 4.79 Å². The Morgan fingerprint density at radius 3 is 2.43 bits per heavy atom. The van der Waals surface area contributed by atoms with Gasteiger partial charge < -0.3 is 19.9 Å². The molecule has 2 aromatic rings. The van der Waals surface area contributed by atoms with Gasteiger partial charge in [-0.2, -0.15) is 0 Å². The first kappa shape index (κ1) is 22.2. The quantitative estimate of drug-likeness (QED) is 0.681. The van der Waals surface area contributed by atoms with Crippen LogP contribution in [0.1, 0.15) is 22.0 Å². The smallest absolute Gasteiger partial charge is 0.253 e. The van der Waals surface area contributed by atoms with Gasteiger partial charge in [0, 0.05) is 25.3 Å². The molecule has 8 nitrogen and oxygen atoms in total. The number of carbonyl (C=O) groups excluding carboxylic acids is 1. The number of anilines is 1. The van der Waals surface area contributed by atoms with Gasteiger partial charge in [0.15, 0.2) is 0 Å². The van der Waals surface area contributed by atoms with Gasteiger partial charge in [0.25, 0.3) is 5.91 Å². The third kappa shape index (κ3) is 5.37. The largest absolute Gasteiger partial charge is 0.378 e. The number of morpholine rings is 1. The number of likely N-dealkylation sites (N-methyl/N-ethyl adjacent to an activating group) is 1. The van der Waals surface area contributed by atoms with Crippen LogP contribution in [0.3, 0.4) is 0 Å². The zero-order chi connectivity index (χ0) is 21.7. The van der Waals surface area contributed by atoms with Crippen LogP contribution in [-0.2, 0) is 14.8 Å². The number of rotatable bonds is 7. The highest BCUT2D eigenvalue weighted by atomic mass is 32.2. The minimum atomic E-state index is -3.93. The molecule has 0 spiro atoms. The second-order valence-electron chi connectivity index (χ2n) is 7.42. The van der Waals surface area contributed by atoms with Crippen LogP contribution < -0.4 is 15.4 Å². The molecule has 1 aliphatic heterocycles. The summed E-state index contributed by atoms with van der Waals surface area (Å²) in [6, 6.07) is 14.3. The van der Waals surface area contributed by atoms with E-state index >= 15 is 0 Å². The first-order chi connectivity index (χ1) is 14.3. The Bertz CT molecular complexity index is 974. The predicted octanol–water partition coefficient (Wildman–Crippen LogP) is 1.20. The molecular formula is C21H28N4O4S. The fourth-order valence-electron chi connectivity index (χ4n) is 3.51. The SMILES string of the molecule is CN(C)C(CNC(=O)c1cc(S(N)(=O)=O)ccc1N1CCOCC1)c1ccccc1. The van der Waals surface area contributed by atoms with E-state index < -0.39 is 10.0 Å². The van der Waals surface area contributed by atoms with Crippen molar-refractivity contribution in [3.63, 3.8) is 0 Å². The van der Waals surface area contributed by atoms with E-state index in [1.165, 1.54) is 12.1 Å². The molecule has 162 valence electrons. The number of nitrogens with zero attached hydrogens (tertiary/aromatic N) is 2. The van der Waals surface area contributed by atoms with Gasteiger partial charge in [0.1, 0.15) is 0 Å². The summed E-state index contributed by atoms with van der Waals surface area (Å²) in [6.07, 6.45) is 0. The molecule has 1 unspecified atom stereocenters. The Balaban J connectivity index is 1.87. The van der Waals surface area contributed by atoms with E-state index in [0.29, 0.717) is 38.5 Å². The van der Waals surface area contributed by atoms with Crippen molar-refractivity contribution in [2.24, 2.45) is 5.14 Å². The maximum atomic E-state index is 13.1. The molecule has 1 fully saturated rings. The first-order valence-electron chi connectivity index (χ1n) is 9.76. The lowest BCUT2D eigenvalue weighted by Gasteiger charge is -2.31. The second kappa shape index (κ2) is 9.57. The Morgan fingerprint density at radius 2 is 1.83 bits per heavy atom. The average molecular weight is 433 g/mol. The number of ether oxygens (including phenoxy) is 1. The minimum absolute atomic E-state index is 0.0246. The van der Waals surface area contributed by atoms with Crippen molar-refractivity contribution in [1.29, 1.82) is 0 Å². The van der Waals surface area contributed by atoms with E-state index in [9.17, 15) is 13.2 Å².